The van der Waals surface area contributed by atoms with Crippen molar-refractivity contribution in [2.45, 2.75) is 29.9 Å². The Labute approximate surface area is 183 Å². The van der Waals surface area contributed by atoms with Gasteiger partial charge in [-0.15, -0.1) is 0 Å². The van der Waals surface area contributed by atoms with E-state index in [-0.39, 0.29) is 24.0 Å². The molecule has 4 N–H and O–H groups in total. The van der Waals surface area contributed by atoms with E-state index in [0.717, 1.165) is 31.7 Å². The van der Waals surface area contributed by atoms with Gasteiger partial charge in [0.1, 0.15) is 30.5 Å². The SMILES string of the molecule is C[S+]([O-])c1cc(OCC(O)CNC2CCN(c3ccc(C(=O)O)cn3)CC2)ccc1O. The number of carbonyl (C=O) groups is 1. The number of rotatable bonds is 9. The van der Waals surface area contributed by atoms with Crippen molar-refractivity contribution in [3.8, 4) is 11.5 Å². The van der Waals surface area contributed by atoms with E-state index < -0.39 is 23.2 Å². The van der Waals surface area contributed by atoms with Gasteiger partial charge in [-0.05, 0) is 48.3 Å². The fraction of sp³-hybridized carbons (Fsp3) is 0.429. The average Bonchev–Trinajstić information content (AvgIpc) is 2.77. The van der Waals surface area contributed by atoms with Gasteiger partial charge < -0.3 is 34.8 Å². The van der Waals surface area contributed by atoms with Crippen molar-refractivity contribution in [2.75, 3.05) is 37.4 Å². The van der Waals surface area contributed by atoms with Gasteiger partial charge in [0.15, 0.2) is 10.6 Å². The quantitative estimate of drug-likeness (QED) is 0.416. The highest BCUT2D eigenvalue weighted by molar-refractivity contribution is 7.90. The number of aromatic carboxylic acids is 1. The minimum Gasteiger partial charge on any atom is -0.612 e. The maximum absolute atomic E-state index is 11.6. The van der Waals surface area contributed by atoms with Crippen LogP contribution in [0.25, 0.3) is 0 Å². The van der Waals surface area contributed by atoms with Gasteiger partial charge in [-0.3, -0.25) is 0 Å². The highest BCUT2D eigenvalue weighted by Gasteiger charge is 2.21. The van der Waals surface area contributed by atoms with Crippen molar-refractivity contribution in [3.63, 3.8) is 0 Å². The molecule has 0 spiro atoms. The summed E-state index contributed by atoms with van der Waals surface area (Å²) < 4.78 is 17.2. The van der Waals surface area contributed by atoms with Gasteiger partial charge in [0.2, 0.25) is 0 Å². The van der Waals surface area contributed by atoms with Crippen molar-refractivity contribution < 1.29 is 29.4 Å². The van der Waals surface area contributed by atoms with E-state index in [1.54, 1.807) is 18.2 Å². The van der Waals surface area contributed by atoms with E-state index >= 15 is 0 Å². The number of hydrogen-bond donors (Lipinski definition) is 4. The number of piperidine rings is 1. The summed E-state index contributed by atoms with van der Waals surface area (Å²) in [6, 6.07) is 8.04. The molecule has 9 nitrogen and oxygen atoms in total. The first-order valence-electron chi connectivity index (χ1n) is 9.98. The lowest BCUT2D eigenvalue weighted by atomic mass is 10.0. The van der Waals surface area contributed by atoms with Gasteiger partial charge in [0.05, 0.1) is 5.56 Å². The van der Waals surface area contributed by atoms with Gasteiger partial charge >= 0.3 is 5.97 Å². The molecule has 1 aromatic carbocycles. The van der Waals surface area contributed by atoms with Crippen LogP contribution in [0.15, 0.2) is 41.4 Å². The molecule has 0 aliphatic carbocycles. The average molecular weight is 450 g/mol. The zero-order valence-corrected chi connectivity index (χ0v) is 18.0. The number of ether oxygens (including phenoxy) is 1. The van der Waals surface area contributed by atoms with Crippen molar-refractivity contribution >= 4 is 23.0 Å². The molecule has 10 heteroatoms. The maximum Gasteiger partial charge on any atom is 0.337 e. The Hall–Kier alpha value is -2.53. The number of benzene rings is 1. The standard InChI is InChI=1S/C21H27N3O6S/c1-31(29)19-10-17(3-4-18(19)26)30-13-16(25)12-22-15-6-8-24(9-7-15)20-5-2-14(11-23-20)21(27)28/h2-5,10-11,15-16,22,25-26H,6-9,12-13H2,1H3,(H,27,28). The van der Waals surface area contributed by atoms with Gasteiger partial charge in [-0.25, -0.2) is 9.78 Å². The molecule has 2 heterocycles. The van der Waals surface area contributed by atoms with Crippen LogP contribution in [-0.2, 0) is 11.2 Å². The van der Waals surface area contributed by atoms with Crippen LogP contribution in [0, 0.1) is 0 Å². The fourth-order valence-corrected chi connectivity index (χ4v) is 4.03. The molecule has 1 aliphatic rings. The molecule has 0 radical (unpaired) electrons. The number of aromatic hydroxyl groups is 1. The molecule has 2 aromatic rings. The van der Waals surface area contributed by atoms with E-state index in [1.807, 2.05) is 0 Å². The van der Waals surface area contributed by atoms with Crippen molar-refractivity contribution in [1.29, 1.82) is 0 Å². The predicted molar refractivity (Wildman–Crippen MR) is 116 cm³/mol. The largest absolute Gasteiger partial charge is 0.612 e. The number of hydrogen-bond acceptors (Lipinski definition) is 8. The molecule has 168 valence electrons. The number of phenolic OH excluding ortho intramolecular Hbond substituents is 1. The molecular formula is C21H27N3O6S. The van der Waals surface area contributed by atoms with Crippen LogP contribution in [0.1, 0.15) is 23.2 Å². The van der Waals surface area contributed by atoms with Crippen LogP contribution < -0.4 is 15.0 Å². The summed E-state index contributed by atoms with van der Waals surface area (Å²) in [4.78, 5) is 17.6. The van der Waals surface area contributed by atoms with Gasteiger partial charge in [0.25, 0.3) is 0 Å². The Kier molecular flexibility index (Phi) is 7.97. The van der Waals surface area contributed by atoms with Gasteiger partial charge in [-0.2, -0.15) is 0 Å². The molecule has 2 atom stereocenters. The number of aliphatic hydroxyl groups excluding tert-OH is 1. The number of aliphatic hydroxyl groups is 1. The Morgan fingerprint density at radius 1 is 1.35 bits per heavy atom. The van der Waals surface area contributed by atoms with E-state index in [1.165, 1.54) is 24.6 Å². The highest BCUT2D eigenvalue weighted by atomic mass is 32.2. The molecule has 1 aromatic heterocycles. The van der Waals surface area contributed by atoms with Crippen LogP contribution in [0.2, 0.25) is 0 Å². The summed E-state index contributed by atoms with van der Waals surface area (Å²) >= 11 is -1.33. The molecule has 3 rings (SSSR count). The van der Waals surface area contributed by atoms with Crippen molar-refractivity contribution in [2.24, 2.45) is 0 Å². The van der Waals surface area contributed by atoms with Gasteiger partial charge in [-0.1, -0.05) is 0 Å². The lowest BCUT2D eigenvalue weighted by molar-refractivity contribution is 0.0696. The molecule has 2 unspecified atom stereocenters. The number of phenols is 1. The Morgan fingerprint density at radius 2 is 2.10 bits per heavy atom. The zero-order chi connectivity index (χ0) is 22.4. The van der Waals surface area contributed by atoms with Crippen LogP contribution in [0.4, 0.5) is 5.82 Å². The molecular weight excluding hydrogens is 422 g/mol. The first kappa shape index (κ1) is 23.1. The van der Waals surface area contributed by atoms with Crippen LogP contribution >= 0.6 is 0 Å². The molecule has 1 saturated heterocycles. The van der Waals surface area contributed by atoms with Gasteiger partial charge in [0, 0.05) is 37.9 Å². The third kappa shape index (κ3) is 6.47. The minimum atomic E-state index is -1.33. The lowest BCUT2D eigenvalue weighted by Crippen LogP contribution is -2.45. The normalized spacial score (nSPS) is 16.7. The topological polar surface area (TPSA) is 138 Å². The first-order chi connectivity index (χ1) is 14.8. The van der Waals surface area contributed by atoms with Crippen LogP contribution in [0.5, 0.6) is 11.5 Å². The molecule has 0 amide bonds. The van der Waals surface area contributed by atoms with E-state index in [0.29, 0.717) is 17.2 Å². The maximum atomic E-state index is 11.6. The number of nitrogens with zero attached hydrogens (tertiary/aromatic N) is 2. The Morgan fingerprint density at radius 3 is 2.71 bits per heavy atom. The number of anilines is 1. The second kappa shape index (κ2) is 10.7. The monoisotopic (exact) mass is 449 g/mol. The van der Waals surface area contributed by atoms with E-state index in [2.05, 4.69) is 15.2 Å². The number of nitrogens with one attached hydrogen (secondary N) is 1. The number of pyridine rings is 1. The van der Waals surface area contributed by atoms with Crippen molar-refractivity contribution in [3.05, 3.63) is 42.1 Å². The lowest BCUT2D eigenvalue weighted by Gasteiger charge is -2.33. The molecule has 1 aliphatic heterocycles. The van der Waals surface area contributed by atoms with E-state index in [4.69, 9.17) is 9.84 Å². The Balaban J connectivity index is 1.39. The summed E-state index contributed by atoms with van der Waals surface area (Å²) in [6.45, 7) is 2.02. The molecule has 31 heavy (non-hydrogen) atoms. The predicted octanol–water partition coefficient (Wildman–Crippen LogP) is 1.22. The molecule has 1 fully saturated rings. The number of aromatic nitrogens is 1. The second-order valence-electron chi connectivity index (χ2n) is 7.43. The van der Waals surface area contributed by atoms with E-state index in [9.17, 15) is 19.6 Å². The van der Waals surface area contributed by atoms with Crippen LogP contribution in [0.3, 0.4) is 0 Å². The zero-order valence-electron chi connectivity index (χ0n) is 17.2. The number of carboxylic acids is 1. The minimum absolute atomic E-state index is 0.0465. The third-order valence-electron chi connectivity index (χ3n) is 5.14. The molecule has 0 saturated carbocycles. The first-order valence-corrected chi connectivity index (χ1v) is 11.5. The molecule has 0 bridgehead atoms. The van der Waals surface area contributed by atoms with Crippen molar-refractivity contribution in [1.82, 2.24) is 10.3 Å². The second-order valence-corrected chi connectivity index (χ2v) is 8.78. The summed E-state index contributed by atoms with van der Waals surface area (Å²) in [5, 5.41) is 32.2. The summed E-state index contributed by atoms with van der Waals surface area (Å²) in [5.74, 6) is 0.167. The summed E-state index contributed by atoms with van der Waals surface area (Å²) in [6.07, 6.45) is 3.88. The van der Waals surface area contributed by atoms with Crippen LogP contribution in [-0.4, -0.2) is 75.5 Å². The summed E-state index contributed by atoms with van der Waals surface area (Å²) in [5.41, 5.74) is 0.169. The fourth-order valence-electron chi connectivity index (χ4n) is 3.38. The highest BCUT2D eigenvalue weighted by Crippen LogP contribution is 2.27. The Bertz CT molecular complexity index is 872. The summed E-state index contributed by atoms with van der Waals surface area (Å²) in [7, 11) is 0. The third-order valence-corrected chi connectivity index (χ3v) is 6.09. The smallest absolute Gasteiger partial charge is 0.337 e. The number of carboxylic acid groups (broad SMARTS) is 1.